The number of benzene rings is 1. The normalized spacial score (nSPS) is 18.1. The van der Waals surface area contributed by atoms with Crippen LogP contribution in [0.4, 0.5) is 0 Å². The molecule has 1 amide bonds. The van der Waals surface area contributed by atoms with Gasteiger partial charge < -0.3 is 19.7 Å². The van der Waals surface area contributed by atoms with Gasteiger partial charge in [0.15, 0.2) is 11.5 Å². The van der Waals surface area contributed by atoms with Crippen LogP contribution in [0.1, 0.15) is 19.3 Å². The van der Waals surface area contributed by atoms with Crippen LogP contribution < -0.4 is 14.8 Å². The van der Waals surface area contributed by atoms with Gasteiger partial charge in [0.2, 0.25) is 5.91 Å². The SMILES string of the molecule is COc1ccccc1OCCN(C)C(=O)C1CCCCN1. The molecule has 1 aromatic carbocycles. The average Bonchev–Trinajstić information content (AvgIpc) is 2.55. The number of ether oxygens (including phenoxy) is 2. The molecule has 1 saturated heterocycles. The van der Waals surface area contributed by atoms with E-state index in [9.17, 15) is 4.79 Å². The van der Waals surface area contributed by atoms with Crippen LogP contribution in [-0.2, 0) is 4.79 Å². The van der Waals surface area contributed by atoms with Gasteiger partial charge in [0, 0.05) is 7.05 Å². The monoisotopic (exact) mass is 292 g/mol. The van der Waals surface area contributed by atoms with Gasteiger partial charge in [0.1, 0.15) is 6.61 Å². The molecule has 1 aromatic rings. The lowest BCUT2D eigenvalue weighted by Crippen LogP contribution is -2.48. The summed E-state index contributed by atoms with van der Waals surface area (Å²) in [4.78, 5) is 14.0. The molecule has 5 heteroatoms. The van der Waals surface area contributed by atoms with Crippen LogP contribution in [0.2, 0.25) is 0 Å². The Bertz CT molecular complexity index is 459. The molecule has 1 unspecified atom stereocenters. The second-order valence-electron chi connectivity index (χ2n) is 5.26. The Hall–Kier alpha value is -1.75. The molecule has 1 heterocycles. The van der Waals surface area contributed by atoms with Crippen molar-refractivity contribution in [2.24, 2.45) is 0 Å². The minimum Gasteiger partial charge on any atom is -0.493 e. The van der Waals surface area contributed by atoms with E-state index in [1.54, 1.807) is 12.0 Å². The van der Waals surface area contributed by atoms with Gasteiger partial charge in [0.25, 0.3) is 0 Å². The van der Waals surface area contributed by atoms with Crippen molar-refractivity contribution in [1.29, 1.82) is 0 Å². The molecule has 1 fully saturated rings. The summed E-state index contributed by atoms with van der Waals surface area (Å²) in [6, 6.07) is 7.49. The third-order valence-electron chi connectivity index (χ3n) is 3.74. The lowest BCUT2D eigenvalue weighted by molar-refractivity contribution is -0.133. The first kappa shape index (κ1) is 15.6. The van der Waals surface area contributed by atoms with Crippen LogP contribution in [0.5, 0.6) is 11.5 Å². The highest BCUT2D eigenvalue weighted by Gasteiger charge is 2.23. The van der Waals surface area contributed by atoms with Crippen molar-refractivity contribution in [3.8, 4) is 11.5 Å². The fourth-order valence-electron chi connectivity index (χ4n) is 2.47. The number of rotatable bonds is 6. The molecule has 0 radical (unpaired) electrons. The number of carbonyl (C=O) groups is 1. The lowest BCUT2D eigenvalue weighted by atomic mass is 10.0. The summed E-state index contributed by atoms with van der Waals surface area (Å²) in [6.07, 6.45) is 3.20. The molecule has 0 aromatic heterocycles. The number of nitrogens with one attached hydrogen (secondary N) is 1. The number of hydrogen-bond acceptors (Lipinski definition) is 4. The van der Waals surface area contributed by atoms with Crippen LogP contribution >= 0.6 is 0 Å². The molecule has 5 nitrogen and oxygen atoms in total. The summed E-state index contributed by atoms with van der Waals surface area (Å²) in [5, 5.41) is 3.27. The van der Waals surface area contributed by atoms with Crippen molar-refractivity contribution in [3.63, 3.8) is 0 Å². The summed E-state index contributed by atoms with van der Waals surface area (Å²) in [7, 11) is 3.44. The Labute approximate surface area is 126 Å². The van der Waals surface area contributed by atoms with Crippen molar-refractivity contribution in [1.82, 2.24) is 10.2 Å². The quantitative estimate of drug-likeness (QED) is 0.866. The van der Waals surface area contributed by atoms with Crippen molar-refractivity contribution in [2.45, 2.75) is 25.3 Å². The van der Waals surface area contributed by atoms with Gasteiger partial charge in [0.05, 0.1) is 19.7 Å². The van der Waals surface area contributed by atoms with E-state index in [0.717, 1.165) is 25.8 Å². The second-order valence-corrected chi connectivity index (χ2v) is 5.26. The lowest BCUT2D eigenvalue weighted by Gasteiger charge is -2.27. The smallest absolute Gasteiger partial charge is 0.239 e. The highest BCUT2D eigenvalue weighted by molar-refractivity contribution is 5.81. The number of methoxy groups -OCH3 is 1. The first-order valence-corrected chi connectivity index (χ1v) is 7.46. The Morgan fingerprint density at radius 3 is 2.76 bits per heavy atom. The number of piperidine rings is 1. The molecule has 0 saturated carbocycles. The zero-order valence-electron chi connectivity index (χ0n) is 12.8. The first-order valence-electron chi connectivity index (χ1n) is 7.46. The third kappa shape index (κ3) is 4.36. The van der Waals surface area contributed by atoms with Gasteiger partial charge >= 0.3 is 0 Å². The zero-order chi connectivity index (χ0) is 15.1. The average molecular weight is 292 g/mol. The van der Waals surface area contributed by atoms with Crippen LogP contribution in [0.15, 0.2) is 24.3 Å². The maximum Gasteiger partial charge on any atom is 0.239 e. The largest absolute Gasteiger partial charge is 0.493 e. The summed E-state index contributed by atoms with van der Waals surface area (Å²) < 4.78 is 10.9. The van der Waals surface area contributed by atoms with Gasteiger partial charge in [-0.1, -0.05) is 18.6 Å². The fraction of sp³-hybridized carbons (Fsp3) is 0.562. The zero-order valence-corrected chi connectivity index (χ0v) is 12.8. The number of hydrogen-bond donors (Lipinski definition) is 1. The van der Waals surface area contributed by atoms with Crippen LogP contribution in [0, 0.1) is 0 Å². The third-order valence-corrected chi connectivity index (χ3v) is 3.74. The minimum atomic E-state index is -0.0324. The molecular weight excluding hydrogens is 268 g/mol. The van der Waals surface area contributed by atoms with Crippen LogP contribution in [0.3, 0.4) is 0 Å². The summed E-state index contributed by atoms with van der Waals surface area (Å²) in [5.74, 6) is 1.57. The maximum atomic E-state index is 12.2. The van der Waals surface area contributed by atoms with Gasteiger partial charge in [-0.2, -0.15) is 0 Å². The summed E-state index contributed by atoms with van der Waals surface area (Å²) >= 11 is 0. The predicted octanol–water partition coefficient (Wildman–Crippen LogP) is 1.67. The van der Waals surface area contributed by atoms with Gasteiger partial charge in [-0.3, -0.25) is 4.79 Å². The van der Waals surface area contributed by atoms with E-state index in [1.807, 2.05) is 31.3 Å². The molecular formula is C16H24N2O3. The van der Waals surface area contributed by atoms with E-state index in [1.165, 1.54) is 0 Å². The molecule has 2 rings (SSSR count). The number of para-hydroxylation sites is 2. The topological polar surface area (TPSA) is 50.8 Å². The molecule has 1 aliphatic rings. The summed E-state index contributed by atoms with van der Waals surface area (Å²) in [6.45, 7) is 1.95. The Morgan fingerprint density at radius 1 is 1.33 bits per heavy atom. The summed E-state index contributed by atoms with van der Waals surface area (Å²) in [5.41, 5.74) is 0. The number of likely N-dealkylation sites (N-methyl/N-ethyl adjacent to an activating group) is 1. The number of nitrogens with zero attached hydrogens (tertiary/aromatic N) is 1. The molecule has 21 heavy (non-hydrogen) atoms. The predicted molar refractivity (Wildman–Crippen MR) is 81.8 cm³/mol. The van der Waals surface area contributed by atoms with Crippen LogP contribution in [0.25, 0.3) is 0 Å². The van der Waals surface area contributed by atoms with Gasteiger partial charge in [-0.25, -0.2) is 0 Å². The van der Waals surface area contributed by atoms with E-state index in [-0.39, 0.29) is 11.9 Å². The Kier molecular flexibility index (Phi) is 5.87. The van der Waals surface area contributed by atoms with Gasteiger partial charge in [-0.05, 0) is 31.5 Å². The number of amides is 1. The van der Waals surface area contributed by atoms with E-state index in [4.69, 9.17) is 9.47 Å². The van der Waals surface area contributed by atoms with Crippen molar-refractivity contribution in [2.75, 3.05) is 33.9 Å². The molecule has 1 N–H and O–H groups in total. The highest BCUT2D eigenvalue weighted by atomic mass is 16.5. The van der Waals surface area contributed by atoms with Crippen molar-refractivity contribution >= 4 is 5.91 Å². The molecule has 1 aliphatic heterocycles. The van der Waals surface area contributed by atoms with Gasteiger partial charge in [-0.15, -0.1) is 0 Å². The molecule has 116 valence electrons. The Balaban J connectivity index is 1.78. The Morgan fingerprint density at radius 2 is 2.10 bits per heavy atom. The number of carbonyl (C=O) groups excluding carboxylic acids is 1. The van der Waals surface area contributed by atoms with Crippen molar-refractivity contribution in [3.05, 3.63) is 24.3 Å². The van der Waals surface area contributed by atoms with E-state index in [0.29, 0.717) is 24.7 Å². The highest BCUT2D eigenvalue weighted by Crippen LogP contribution is 2.25. The fourth-order valence-corrected chi connectivity index (χ4v) is 2.47. The molecule has 0 aliphatic carbocycles. The van der Waals surface area contributed by atoms with E-state index in [2.05, 4.69) is 5.32 Å². The minimum absolute atomic E-state index is 0.0324. The molecule has 0 spiro atoms. The molecule has 0 bridgehead atoms. The molecule has 1 atom stereocenters. The maximum absolute atomic E-state index is 12.2. The van der Waals surface area contributed by atoms with E-state index < -0.39 is 0 Å². The second kappa shape index (κ2) is 7.88. The van der Waals surface area contributed by atoms with Crippen LogP contribution in [-0.4, -0.2) is 50.7 Å². The standard InChI is InChI=1S/C16H24N2O3/c1-18(16(19)13-7-5-6-10-17-13)11-12-21-15-9-4-3-8-14(15)20-2/h3-4,8-9,13,17H,5-7,10-12H2,1-2H3. The van der Waals surface area contributed by atoms with Crippen molar-refractivity contribution < 1.29 is 14.3 Å². The van der Waals surface area contributed by atoms with E-state index >= 15 is 0 Å². The first-order chi connectivity index (χ1) is 10.2.